The second kappa shape index (κ2) is 9.61. The van der Waals surface area contributed by atoms with Gasteiger partial charge in [-0.25, -0.2) is 8.78 Å². The van der Waals surface area contributed by atoms with E-state index < -0.39 is 11.6 Å². The number of anilines is 2. The lowest BCUT2D eigenvalue weighted by atomic mass is 9.47. The van der Waals surface area contributed by atoms with Crippen molar-refractivity contribution in [3.8, 4) is 23.0 Å². The number of hydrogen-bond donors (Lipinski definition) is 2. The minimum atomic E-state index is -0.501. The minimum Gasteiger partial charge on any atom is -0.453 e. The van der Waals surface area contributed by atoms with Gasteiger partial charge in [-0.15, -0.1) is 0 Å². The Kier molecular flexibility index (Phi) is 5.91. The average Bonchev–Trinajstić information content (AvgIpc) is 2.96. The fraction of sp³-hybridized carbons (Fsp3) is 0.526. The highest BCUT2D eigenvalue weighted by atomic mass is 19.1. The summed E-state index contributed by atoms with van der Waals surface area (Å²) in [6.07, 6.45) is 14.9. The van der Waals surface area contributed by atoms with Crippen molar-refractivity contribution in [2.45, 2.75) is 87.9 Å². The second-order valence-corrected chi connectivity index (χ2v) is 15.8. The Labute approximate surface area is 258 Å². The monoisotopic (exact) mass is 596 g/mol. The molecule has 0 amide bonds. The van der Waals surface area contributed by atoms with E-state index in [1.54, 1.807) is 24.3 Å². The average molecular weight is 597 g/mol. The van der Waals surface area contributed by atoms with E-state index in [4.69, 9.17) is 20.9 Å². The first-order valence-corrected chi connectivity index (χ1v) is 16.9. The van der Waals surface area contributed by atoms with E-state index in [-0.39, 0.29) is 22.2 Å². The predicted octanol–water partition coefficient (Wildman–Crippen LogP) is 9.65. The Morgan fingerprint density at radius 2 is 0.818 bits per heavy atom. The molecule has 3 aromatic carbocycles. The van der Waals surface area contributed by atoms with Crippen molar-refractivity contribution in [3.05, 3.63) is 71.3 Å². The molecular weight excluding hydrogens is 554 g/mol. The summed E-state index contributed by atoms with van der Waals surface area (Å²) in [5, 5.41) is 0. The molecule has 0 aromatic heterocycles. The fourth-order valence-electron chi connectivity index (χ4n) is 11.9. The van der Waals surface area contributed by atoms with E-state index in [9.17, 15) is 8.78 Å². The third-order valence-corrected chi connectivity index (χ3v) is 12.7. The first-order valence-electron chi connectivity index (χ1n) is 16.9. The molecule has 0 atom stereocenters. The molecule has 230 valence electrons. The summed E-state index contributed by atoms with van der Waals surface area (Å²) in [5.41, 5.74) is 14.3. The van der Waals surface area contributed by atoms with Gasteiger partial charge in [-0.05, 0) is 148 Å². The molecule has 4 N–H and O–H groups in total. The van der Waals surface area contributed by atoms with Crippen molar-refractivity contribution in [1.29, 1.82) is 0 Å². The first kappa shape index (κ1) is 27.1. The van der Waals surface area contributed by atoms with Gasteiger partial charge < -0.3 is 20.9 Å². The van der Waals surface area contributed by atoms with Gasteiger partial charge in [0.25, 0.3) is 0 Å². The summed E-state index contributed by atoms with van der Waals surface area (Å²) in [4.78, 5) is 0. The number of nitrogen functional groups attached to an aromatic ring is 2. The predicted molar refractivity (Wildman–Crippen MR) is 168 cm³/mol. The number of nitrogens with two attached hydrogens (primary N) is 2. The van der Waals surface area contributed by atoms with Crippen LogP contribution in [-0.2, 0) is 10.8 Å². The van der Waals surface area contributed by atoms with Crippen molar-refractivity contribution in [3.63, 3.8) is 0 Å². The number of benzene rings is 3. The summed E-state index contributed by atoms with van der Waals surface area (Å²) in [7, 11) is 0. The van der Waals surface area contributed by atoms with Crippen molar-refractivity contribution < 1.29 is 18.3 Å². The minimum absolute atomic E-state index is 0.000905. The van der Waals surface area contributed by atoms with Crippen LogP contribution in [0.3, 0.4) is 0 Å². The van der Waals surface area contributed by atoms with Crippen LogP contribution in [-0.4, -0.2) is 0 Å². The Morgan fingerprint density at radius 1 is 0.500 bits per heavy atom. The molecule has 0 unspecified atom stereocenters. The number of hydrogen-bond acceptors (Lipinski definition) is 4. The van der Waals surface area contributed by atoms with Crippen molar-refractivity contribution in [2.24, 2.45) is 35.5 Å². The van der Waals surface area contributed by atoms with Crippen LogP contribution in [0.2, 0.25) is 0 Å². The van der Waals surface area contributed by atoms with E-state index in [2.05, 4.69) is 12.1 Å². The van der Waals surface area contributed by atoms with Crippen LogP contribution in [0.4, 0.5) is 20.2 Å². The molecule has 0 heterocycles. The zero-order valence-electron chi connectivity index (χ0n) is 25.3. The molecule has 4 nitrogen and oxygen atoms in total. The van der Waals surface area contributed by atoms with E-state index >= 15 is 0 Å². The number of rotatable bonds is 6. The van der Waals surface area contributed by atoms with Crippen LogP contribution in [0.25, 0.3) is 0 Å². The Bertz CT molecular complexity index is 1460. The smallest absolute Gasteiger partial charge is 0.173 e. The van der Waals surface area contributed by atoms with Crippen LogP contribution < -0.4 is 20.9 Å². The molecule has 8 aliphatic carbocycles. The second-order valence-electron chi connectivity index (χ2n) is 15.8. The van der Waals surface area contributed by atoms with Crippen LogP contribution in [0, 0.1) is 47.1 Å². The molecule has 0 aliphatic heterocycles. The van der Waals surface area contributed by atoms with Crippen molar-refractivity contribution >= 4 is 11.4 Å². The van der Waals surface area contributed by atoms with Gasteiger partial charge in [0.2, 0.25) is 0 Å². The van der Waals surface area contributed by atoms with E-state index in [1.165, 1.54) is 61.8 Å². The summed E-state index contributed by atoms with van der Waals surface area (Å²) >= 11 is 0. The molecule has 8 aliphatic rings. The summed E-state index contributed by atoms with van der Waals surface area (Å²) in [6.45, 7) is 0. The van der Waals surface area contributed by atoms with Gasteiger partial charge in [0.1, 0.15) is 23.1 Å². The van der Waals surface area contributed by atoms with Crippen LogP contribution >= 0.6 is 0 Å². The maximum Gasteiger partial charge on any atom is 0.173 e. The molecule has 0 radical (unpaired) electrons. The SMILES string of the molecule is Nc1ccc(Oc2c(C34CC5CC(CC(C5)C3)C4)ccc(C34CC5CC(CC(C5)C3)C4)c2Oc2ccc(N)c(F)c2)cc1F. The Morgan fingerprint density at radius 3 is 1.11 bits per heavy atom. The number of halogens is 2. The summed E-state index contributed by atoms with van der Waals surface area (Å²) < 4.78 is 43.4. The zero-order valence-corrected chi connectivity index (χ0v) is 25.3. The van der Waals surface area contributed by atoms with Crippen molar-refractivity contribution in [2.75, 3.05) is 11.5 Å². The van der Waals surface area contributed by atoms with Crippen molar-refractivity contribution in [1.82, 2.24) is 0 Å². The Hall–Kier alpha value is -3.28. The van der Waals surface area contributed by atoms with Gasteiger partial charge in [0.15, 0.2) is 11.5 Å². The third kappa shape index (κ3) is 4.26. The molecule has 6 heteroatoms. The van der Waals surface area contributed by atoms with Gasteiger partial charge in [-0.2, -0.15) is 0 Å². The molecule has 3 aromatic rings. The summed E-state index contributed by atoms with van der Waals surface area (Å²) in [5.74, 6) is 5.59. The van der Waals surface area contributed by atoms with Crippen LogP contribution in [0.5, 0.6) is 23.0 Å². The van der Waals surface area contributed by atoms with E-state index in [0.717, 1.165) is 74.0 Å². The lowest BCUT2D eigenvalue weighted by Gasteiger charge is -2.58. The van der Waals surface area contributed by atoms with Gasteiger partial charge in [-0.1, -0.05) is 12.1 Å². The highest BCUT2D eigenvalue weighted by Crippen LogP contribution is 2.66. The highest BCUT2D eigenvalue weighted by molar-refractivity contribution is 5.61. The molecule has 8 saturated carbocycles. The quantitative estimate of drug-likeness (QED) is 0.278. The fourth-order valence-corrected chi connectivity index (χ4v) is 11.9. The lowest BCUT2D eigenvalue weighted by molar-refractivity contribution is -0.00833. The highest BCUT2D eigenvalue weighted by Gasteiger charge is 2.55. The maximum atomic E-state index is 14.8. The standard InChI is InChI=1S/C38H42F2N2O2/c39-31-13-27(1-5-33(31)41)43-35-29(37-15-21-7-22(16-37)9-23(8-21)17-37)3-4-30(36(35)44-28-2-6-34(42)32(40)14-28)38-18-24-10-25(19-38)12-26(11-24)20-38/h1-6,13-14,21-26H,7-12,15-20,41-42H2. The van der Waals surface area contributed by atoms with E-state index in [0.29, 0.717) is 23.0 Å². The van der Waals surface area contributed by atoms with Gasteiger partial charge in [0.05, 0.1) is 11.4 Å². The molecule has 11 rings (SSSR count). The van der Waals surface area contributed by atoms with Crippen LogP contribution in [0.15, 0.2) is 48.5 Å². The summed E-state index contributed by atoms with van der Waals surface area (Å²) in [6, 6.07) is 14.1. The first-order chi connectivity index (χ1) is 21.2. The van der Waals surface area contributed by atoms with E-state index in [1.807, 2.05) is 0 Å². The molecule has 8 fully saturated rings. The molecular formula is C38H42F2N2O2. The topological polar surface area (TPSA) is 70.5 Å². The largest absolute Gasteiger partial charge is 0.453 e. The normalized spacial score (nSPS) is 36.1. The molecule has 44 heavy (non-hydrogen) atoms. The van der Waals surface area contributed by atoms with Crippen LogP contribution in [0.1, 0.15) is 88.2 Å². The Balaban J connectivity index is 1.26. The van der Waals surface area contributed by atoms with Gasteiger partial charge in [-0.3, -0.25) is 0 Å². The maximum absolute atomic E-state index is 14.8. The third-order valence-electron chi connectivity index (χ3n) is 12.7. The molecule has 0 saturated heterocycles. The molecule has 8 bridgehead atoms. The lowest BCUT2D eigenvalue weighted by Crippen LogP contribution is -2.49. The molecule has 0 spiro atoms. The van der Waals surface area contributed by atoms with Gasteiger partial charge >= 0.3 is 0 Å². The van der Waals surface area contributed by atoms with Gasteiger partial charge in [0, 0.05) is 23.3 Å². The zero-order chi connectivity index (χ0) is 29.8. The number of ether oxygens (including phenoxy) is 2.